The molecule has 260 valence electrons. The number of rotatable bonds is 3. The number of nitrogens with zero attached hydrogens (tertiary/aromatic N) is 1. The lowest BCUT2D eigenvalue weighted by Gasteiger charge is -2.29. The van der Waals surface area contributed by atoms with Crippen LogP contribution in [0.4, 0.5) is 17.1 Å². The summed E-state index contributed by atoms with van der Waals surface area (Å²) >= 11 is 0. The third-order valence-electron chi connectivity index (χ3n) is 12.1. The zero-order valence-electron chi connectivity index (χ0n) is 32.3. The maximum Gasteiger partial charge on any atom is 0.159 e. The second-order valence-electron chi connectivity index (χ2n) is 18.3. The van der Waals surface area contributed by atoms with Gasteiger partial charge in [-0.3, -0.25) is 0 Å². The number of hydrogen-bond acceptors (Lipinski definition) is 2. The molecule has 0 radical (unpaired) electrons. The molecule has 3 heteroatoms. The van der Waals surface area contributed by atoms with Crippen molar-refractivity contribution in [2.24, 2.45) is 0 Å². The van der Waals surface area contributed by atoms with Crippen molar-refractivity contribution in [2.75, 3.05) is 4.90 Å². The Morgan fingerprint density at radius 3 is 1.94 bits per heavy atom. The van der Waals surface area contributed by atoms with Crippen LogP contribution < -0.4 is 15.3 Å². The van der Waals surface area contributed by atoms with Crippen LogP contribution in [0.25, 0.3) is 44.2 Å². The number of para-hydroxylation sites is 1. The first kappa shape index (κ1) is 33.0. The molecule has 1 aromatic heterocycles. The Morgan fingerprint density at radius 2 is 1.21 bits per heavy atom. The lowest BCUT2D eigenvalue weighted by molar-refractivity contribution is 0.569. The smallest absolute Gasteiger partial charge is 0.159 e. The summed E-state index contributed by atoms with van der Waals surface area (Å²) in [6.45, 7) is 23.6. The Balaban J connectivity index is 1.33. The van der Waals surface area contributed by atoms with E-state index < -0.39 is 8.07 Å². The quantitative estimate of drug-likeness (QED) is 0.171. The molecule has 6 aromatic carbocycles. The number of furan rings is 1. The molecule has 9 rings (SSSR count). The van der Waals surface area contributed by atoms with E-state index in [-0.39, 0.29) is 16.2 Å². The molecule has 52 heavy (non-hydrogen) atoms. The van der Waals surface area contributed by atoms with Crippen LogP contribution in [-0.2, 0) is 16.2 Å². The Labute approximate surface area is 310 Å². The fourth-order valence-corrected chi connectivity index (χ4v) is 12.3. The van der Waals surface area contributed by atoms with E-state index in [1.807, 2.05) is 0 Å². The van der Waals surface area contributed by atoms with Crippen LogP contribution >= 0.6 is 0 Å². The van der Waals surface area contributed by atoms with Gasteiger partial charge in [-0.1, -0.05) is 147 Å². The van der Waals surface area contributed by atoms with Crippen molar-refractivity contribution < 1.29 is 4.42 Å². The van der Waals surface area contributed by atoms with Gasteiger partial charge in [-0.15, -0.1) is 0 Å². The Morgan fingerprint density at radius 1 is 0.577 bits per heavy atom. The highest BCUT2D eigenvalue weighted by Gasteiger charge is 2.39. The van der Waals surface area contributed by atoms with Crippen molar-refractivity contribution in [3.05, 3.63) is 138 Å². The normalized spacial score (nSPS) is 15.4. The lowest BCUT2D eigenvalue weighted by atomic mass is 9.79. The standard InChI is InChI=1S/C49H49NOSi/c1-47(2,3)30-26-40(48(4,5)6)45-37-18-15-20-41(46(37)51-42(45)27-30)50(31-22-24-34-33-16-11-13-19-38(33)49(7,8)39(34)28-31)32-23-25-36-35-17-12-14-21-43(35)52(9,10)44(36)29-32/h11-29H,1-10H3. The molecule has 0 atom stereocenters. The minimum Gasteiger partial charge on any atom is -0.454 e. The second kappa shape index (κ2) is 10.8. The van der Waals surface area contributed by atoms with E-state index in [1.165, 1.54) is 71.3 Å². The molecule has 2 heterocycles. The topological polar surface area (TPSA) is 16.4 Å². The molecule has 1 aliphatic heterocycles. The first-order valence-electron chi connectivity index (χ1n) is 18.9. The van der Waals surface area contributed by atoms with E-state index in [1.54, 1.807) is 0 Å². The summed E-state index contributed by atoms with van der Waals surface area (Å²) < 4.78 is 7.11. The molecule has 0 fully saturated rings. The van der Waals surface area contributed by atoms with E-state index >= 15 is 0 Å². The number of benzene rings is 6. The van der Waals surface area contributed by atoms with E-state index in [0.717, 1.165) is 22.5 Å². The molecule has 7 aromatic rings. The Kier molecular flexibility index (Phi) is 6.88. The van der Waals surface area contributed by atoms with Crippen molar-refractivity contribution in [3.63, 3.8) is 0 Å². The van der Waals surface area contributed by atoms with Gasteiger partial charge >= 0.3 is 0 Å². The summed E-state index contributed by atoms with van der Waals surface area (Å²) in [5, 5.41) is 5.40. The molecule has 0 unspecified atom stereocenters. The highest BCUT2D eigenvalue weighted by atomic mass is 28.3. The summed E-state index contributed by atoms with van der Waals surface area (Å²) in [6.07, 6.45) is 0. The van der Waals surface area contributed by atoms with Crippen LogP contribution in [0.2, 0.25) is 13.1 Å². The van der Waals surface area contributed by atoms with Gasteiger partial charge in [0.15, 0.2) is 5.58 Å². The summed E-state index contributed by atoms with van der Waals surface area (Å²) in [5.41, 5.74) is 15.9. The van der Waals surface area contributed by atoms with Crippen molar-refractivity contribution >= 4 is 57.4 Å². The molecule has 1 aliphatic carbocycles. The van der Waals surface area contributed by atoms with Crippen molar-refractivity contribution in [2.45, 2.75) is 84.7 Å². The second-order valence-corrected chi connectivity index (χ2v) is 22.6. The summed E-state index contributed by atoms with van der Waals surface area (Å²) in [5.74, 6) is 0. The van der Waals surface area contributed by atoms with Gasteiger partial charge in [-0.2, -0.15) is 0 Å². The molecule has 2 aliphatic rings. The first-order valence-corrected chi connectivity index (χ1v) is 21.9. The molecule has 0 saturated carbocycles. The average Bonchev–Trinajstić information content (AvgIpc) is 3.68. The third kappa shape index (κ3) is 4.68. The van der Waals surface area contributed by atoms with Gasteiger partial charge in [0.05, 0.1) is 5.69 Å². The van der Waals surface area contributed by atoms with Gasteiger partial charge in [-0.05, 0) is 102 Å². The van der Waals surface area contributed by atoms with E-state index in [9.17, 15) is 0 Å². The van der Waals surface area contributed by atoms with Gasteiger partial charge in [0.1, 0.15) is 13.7 Å². The van der Waals surface area contributed by atoms with Crippen LogP contribution in [-0.4, -0.2) is 8.07 Å². The van der Waals surface area contributed by atoms with Crippen LogP contribution in [0.5, 0.6) is 0 Å². The fraction of sp³-hybridized carbons (Fsp3) is 0.265. The van der Waals surface area contributed by atoms with Crippen molar-refractivity contribution in [1.82, 2.24) is 0 Å². The SMILES string of the molecule is CC(C)(C)c1cc(C(C)(C)C)c2c(c1)oc1c(N(c3ccc4c(c3)C(C)(C)c3ccccc3-4)c3ccc4c(c3)[Si](C)(C)c3ccccc3-4)cccc12. The monoisotopic (exact) mass is 695 g/mol. The fourth-order valence-electron chi connectivity index (χ4n) is 9.20. The van der Waals surface area contributed by atoms with Crippen LogP contribution in [0.15, 0.2) is 120 Å². The highest BCUT2D eigenvalue weighted by Crippen LogP contribution is 2.52. The molecule has 0 saturated heterocycles. The summed E-state index contributed by atoms with van der Waals surface area (Å²) in [7, 11) is -1.93. The van der Waals surface area contributed by atoms with Crippen LogP contribution in [0, 0.1) is 0 Å². The van der Waals surface area contributed by atoms with Crippen LogP contribution in [0.3, 0.4) is 0 Å². The van der Waals surface area contributed by atoms with Crippen LogP contribution in [0.1, 0.15) is 77.6 Å². The predicted molar refractivity (Wildman–Crippen MR) is 226 cm³/mol. The maximum absolute atomic E-state index is 7.11. The molecule has 0 N–H and O–H groups in total. The third-order valence-corrected chi connectivity index (χ3v) is 15.7. The number of anilines is 3. The Hall–Kier alpha value is -4.86. The molecule has 2 nitrogen and oxygen atoms in total. The van der Waals surface area contributed by atoms with Gasteiger partial charge in [0.25, 0.3) is 0 Å². The zero-order chi connectivity index (χ0) is 36.5. The van der Waals surface area contributed by atoms with Gasteiger partial charge < -0.3 is 9.32 Å². The highest BCUT2D eigenvalue weighted by molar-refractivity contribution is 7.03. The number of fused-ring (bicyclic) bond motifs is 9. The molecule has 0 amide bonds. The predicted octanol–water partition coefficient (Wildman–Crippen LogP) is 12.8. The first-order chi connectivity index (χ1) is 24.6. The molecular weight excluding hydrogens is 647 g/mol. The molecular formula is C49H49NOSi. The van der Waals surface area contributed by atoms with E-state index in [2.05, 4.69) is 189 Å². The summed E-state index contributed by atoms with van der Waals surface area (Å²) in [6, 6.07) is 43.7. The zero-order valence-corrected chi connectivity index (χ0v) is 33.3. The van der Waals surface area contributed by atoms with Crippen molar-refractivity contribution in [1.29, 1.82) is 0 Å². The lowest BCUT2D eigenvalue weighted by Crippen LogP contribution is -2.49. The molecule has 0 spiro atoms. The largest absolute Gasteiger partial charge is 0.454 e. The summed E-state index contributed by atoms with van der Waals surface area (Å²) in [4.78, 5) is 2.47. The van der Waals surface area contributed by atoms with Crippen molar-refractivity contribution in [3.8, 4) is 22.3 Å². The Bertz CT molecular complexity index is 2500. The maximum atomic E-state index is 7.11. The minimum atomic E-state index is -1.93. The minimum absolute atomic E-state index is 0.00445. The average molecular weight is 696 g/mol. The van der Waals surface area contributed by atoms with E-state index in [4.69, 9.17) is 4.42 Å². The number of hydrogen-bond donors (Lipinski definition) is 0. The van der Waals surface area contributed by atoms with Gasteiger partial charge in [0.2, 0.25) is 0 Å². The van der Waals surface area contributed by atoms with E-state index in [0.29, 0.717) is 0 Å². The van der Waals surface area contributed by atoms with Gasteiger partial charge in [-0.25, -0.2) is 0 Å². The van der Waals surface area contributed by atoms with Gasteiger partial charge in [0, 0.05) is 27.6 Å². The molecule has 0 bridgehead atoms.